The fraction of sp³-hybridized carbons (Fsp3) is 0.417. The molecule has 1 atom stereocenters. The quantitative estimate of drug-likeness (QED) is 0.679. The van der Waals surface area contributed by atoms with Gasteiger partial charge in [0.2, 0.25) is 5.91 Å². The van der Waals surface area contributed by atoms with Crippen molar-refractivity contribution < 1.29 is 19.5 Å². The van der Waals surface area contributed by atoms with Gasteiger partial charge in [-0.25, -0.2) is 4.79 Å². The van der Waals surface area contributed by atoms with Crippen LogP contribution in [0.25, 0.3) is 0 Å². The summed E-state index contributed by atoms with van der Waals surface area (Å²) in [6.45, 7) is 3.80. The number of carboxylic acid groups (broad SMARTS) is 1. The second kappa shape index (κ2) is 6.03. The average molecular weight is 267 g/mol. The Hall–Kier alpha value is -2.31. The van der Waals surface area contributed by atoms with Gasteiger partial charge in [0.1, 0.15) is 11.7 Å². The van der Waals surface area contributed by atoms with Crippen LogP contribution in [0.5, 0.6) is 0 Å². The second-order valence-corrected chi connectivity index (χ2v) is 4.43. The van der Waals surface area contributed by atoms with Crippen molar-refractivity contribution in [3.8, 4) is 0 Å². The van der Waals surface area contributed by atoms with Crippen LogP contribution in [-0.4, -0.2) is 33.5 Å². The van der Waals surface area contributed by atoms with Gasteiger partial charge in [-0.1, -0.05) is 0 Å². The molecule has 7 heteroatoms. The molecule has 0 saturated heterocycles. The third-order valence-corrected chi connectivity index (χ3v) is 2.58. The predicted octanol–water partition coefficient (Wildman–Crippen LogP) is 0.127. The van der Waals surface area contributed by atoms with Crippen LogP contribution in [0, 0.1) is 0 Å². The lowest BCUT2D eigenvalue weighted by atomic mass is 10.2. The summed E-state index contributed by atoms with van der Waals surface area (Å²) in [5.74, 6) is -2.63. The monoisotopic (exact) mass is 267 g/mol. The van der Waals surface area contributed by atoms with Crippen LogP contribution in [0.15, 0.2) is 18.3 Å². The molecule has 0 saturated carbocycles. The Morgan fingerprint density at radius 3 is 2.53 bits per heavy atom. The fourth-order valence-corrected chi connectivity index (χ4v) is 1.67. The van der Waals surface area contributed by atoms with Crippen molar-refractivity contribution in [3.05, 3.63) is 24.0 Å². The van der Waals surface area contributed by atoms with Crippen LogP contribution in [0.4, 0.5) is 0 Å². The molecule has 0 bridgehead atoms. The van der Waals surface area contributed by atoms with Crippen molar-refractivity contribution in [2.45, 2.75) is 32.4 Å². The molecular formula is C12H17N3O4. The number of aliphatic carboxylic acids is 1. The molecule has 1 aromatic rings. The van der Waals surface area contributed by atoms with Crippen LogP contribution in [0.1, 0.15) is 36.8 Å². The zero-order chi connectivity index (χ0) is 14.6. The standard InChI is InChI=1S/C12H17N3O4/c1-7(2)15-5-3-4-9(15)11(17)14-8(12(18)19)6-10(13)16/h3-5,7-8H,6H2,1-2H3,(H2,13,16)(H,14,17)(H,18,19)/t8-/m1/s1. The van der Waals surface area contributed by atoms with Gasteiger partial charge in [-0.3, -0.25) is 9.59 Å². The van der Waals surface area contributed by atoms with Gasteiger partial charge < -0.3 is 20.7 Å². The molecule has 4 N–H and O–H groups in total. The van der Waals surface area contributed by atoms with Crippen LogP contribution in [0.3, 0.4) is 0 Å². The van der Waals surface area contributed by atoms with Crippen molar-refractivity contribution in [3.63, 3.8) is 0 Å². The average Bonchev–Trinajstić information content (AvgIpc) is 2.76. The van der Waals surface area contributed by atoms with Crippen molar-refractivity contribution in [2.24, 2.45) is 5.73 Å². The zero-order valence-electron chi connectivity index (χ0n) is 10.8. The van der Waals surface area contributed by atoms with Crippen LogP contribution in [0.2, 0.25) is 0 Å². The van der Waals surface area contributed by atoms with Crippen LogP contribution in [-0.2, 0) is 9.59 Å². The minimum Gasteiger partial charge on any atom is -0.480 e. The Labute approximate surface area is 110 Å². The molecule has 0 radical (unpaired) electrons. The van der Waals surface area contributed by atoms with Crippen LogP contribution >= 0.6 is 0 Å². The van der Waals surface area contributed by atoms with Crippen LogP contribution < -0.4 is 11.1 Å². The van der Waals surface area contributed by atoms with E-state index in [0.717, 1.165) is 0 Å². The number of nitrogens with zero attached hydrogens (tertiary/aromatic N) is 1. The first kappa shape index (κ1) is 14.7. The van der Waals surface area contributed by atoms with Crippen molar-refractivity contribution in [1.29, 1.82) is 0 Å². The molecule has 7 nitrogen and oxygen atoms in total. The summed E-state index contributed by atoms with van der Waals surface area (Å²) in [5, 5.41) is 11.2. The molecular weight excluding hydrogens is 250 g/mol. The first-order valence-electron chi connectivity index (χ1n) is 5.81. The van der Waals surface area contributed by atoms with E-state index >= 15 is 0 Å². The largest absolute Gasteiger partial charge is 0.480 e. The fourth-order valence-electron chi connectivity index (χ4n) is 1.67. The van der Waals surface area contributed by atoms with Crippen molar-refractivity contribution in [2.75, 3.05) is 0 Å². The summed E-state index contributed by atoms with van der Waals surface area (Å²) in [6, 6.07) is 2.02. The maximum Gasteiger partial charge on any atom is 0.326 e. The number of amides is 2. The predicted molar refractivity (Wildman–Crippen MR) is 67.5 cm³/mol. The van der Waals surface area contributed by atoms with Gasteiger partial charge in [-0.2, -0.15) is 0 Å². The molecule has 1 rings (SSSR count). The van der Waals surface area contributed by atoms with Gasteiger partial charge in [-0.15, -0.1) is 0 Å². The highest BCUT2D eigenvalue weighted by atomic mass is 16.4. The van der Waals surface area contributed by atoms with Crippen molar-refractivity contribution in [1.82, 2.24) is 9.88 Å². The molecule has 19 heavy (non-hydrogen) atoms. The van der Waals surface area contributed by atoms with Gasteiger partial charge in [0.05, 0.1) is 6.42 Å². The molecule has 0 spiro atoms. The van der Waals surface area contributed by atoms with Gasteiger partial charge >= 0.3 is 5.97 Å². The van der Waals surface area contributed by atoms with E-state index in [9.17, 15) is 14.4 Å². The molecule has 0 aliphatic rings. The summed E-state index contributed by atoms with van der Waals surface area (Å²) in [5.41, 5.74) is 5.28. The van der Waals surface area contributed by atoms with E-state index in [-0.39, 0.29) is 6.04 Å². The van der Waals surface area contributed by atoms with Gasteiger partial charge in [0, 0.05) is 12.2 Å². The highest BCUT2D eigenvalue weighted by Gasteiger charge is 2.24. The number of primary amides is 1. The number of nitrogens with two attached hydrogens (primary N) is 1. The molecule has 2 amide bonds. The minimum atomic E-state index is -1.32. The Balaban J connectivity index is 2.85. The highest BCUT2D eigenvalue weighted by molar-refractivity contribution is 5.96. The van der Waals surface area contributed by atoms with E-state index in [0.29, 0.717) is 5.69 Å². The number of carbonyl (C=O) groups excluding carboxylic acids is 2. The number of aromatic nitrogens is 1. The third-order valence-electron chi connectivity index (χ3n) is 2.58. The molecule has 0 aromatic carbocycles. The minimum absolute atomic E-state index is 0.0650. The van der Waals surface area contributed by atoms with Gasteiger partial charge in [0.15, 0.2) is 0 Å². The molecule has 0 aliphatic heterocycles. The molecule has 0 fully saturated rings. The zero-order valence-corrected chi connectivity index (χ0v) is 10.8. The SMILES string of the molecule is CC(C)n1cccc1C(=O)N[C@H](CC(N)=O)C(=O)O. The Bertz CT molecular complexity index is 493. The lowest BCUT2D eigenvalue weighted by Gasteiger charge is -2.16. The Morgan fingerprint density at radius 1 is 1.42 bits per heavy atom. The van der Waals surface area contributed by atoms with E-state index in [4.69, 9.17) is 10.8 Å². The molecule has 104 valence electrons. The molecule has 0 aliphatic carbocycles. The summed E-state index contributed by atoms with van der Waals surface area (Å²) >= 11 is 0. The Morgan fingerprint density at radius 2 is 2.05 bits per heavy atom. The first-order valence-corrected chi connectivity index (χ1v) is 5.81. The van der Waals surface area contributed by atoms with Gasteiger partial charge in [0.25, 0.3) is 5.91 Å². The van der Waals surface area contributed by atoms with E-state index < -0.39 is 30.2 Å². The van der Waals surface area contributed by atoms with E-state index in [2.05, 4.69) is 5.32 Å². The molecule has 1 heterocycles. The maximum atomic E-state index is 12.0. The number of carbonyl (C=O) groups is 3. The summed E-state index contributed by atoms with van der Waals surface area (Å²) in [7, 11) is 0. The van der Waals surface area contributed by atoms with E-state index in [1.165, 1.54) is 0 Å². The number of carboxylic acids is 1. The van der Waals surface area contributed by atoms with Crippen molar-refractivity contribution >= 4 is 17.8 Å². The lowest BCUT2D eigenvalue weighted by molar-refractivity contribution is -0.140. The highest BCUT2D eigenvalue weighted by Crippen LogP contribution is 2.11. The van der Waals surface area contributed by atoms with E-state index in [1.54, 1.807) is 22.9 Å². The topological polar surface area (TPSA) is 114 Å². The summed E-state index contributed by atoms with van der Waals surface area (Å²) < 4.78 is 1.71. The second-order valence-electron chi connectivity index (χ2n) is 4.43. The third kappa shape index (κ3) is 3.84. The number of hydrogen-bond acceptors (Lipinski definition) is 3. The molecule has 1 aromatic heterocycles. The maximum absolute atomic E-state index is 12.0. The number of nitrogens with one attached hydrogen (secondary N) is 1. The normalized spacial score (nSPS) is 12.2. The van der Waals surface area contributed by atoms with E-state index in [1.807, 2.05) is 13.8 Å². The first-order chi connectivity index (χ1) is 8.82. The smallest absolute Gasteiger partial charge is 0.326 e. The summed E-state index contributed by atoms with van der Waals surface area (Å²) in [4.78, 5) is 33.7. The van der Waals surface area contributed by atoms with Gasteiger partial charge in [-0.05, 0) is 26.0 Å². The number of hydrogen-bond donors (Lipinski definition) is 3. The molecule has 0 unspecified atom stereocenters. The number of rotatable bonds is 6. The Kier molecular flexibility index (Phi) is 4.68. The summed E-state index contributed by atoms with van der Waals surface area (Å²) in [6.07, 6.45) is 1.28. The lowest BCUT2D eigenvalue weighted by Crippen LogP contribution is -2.43.